The summed E-state index contributed by atoms with van der Waals surface area (Å²) in [7, 11) is 1.75. The van der Waals surface area contributed by atoms with Crippen LogP contribution in [0.25, 0.3) is 22.4 Å². The normalized spacial score (nSPS) is 17.8. The quantitative estimate of drug-likeness (QED) is 0.426. The fourth-order valence-corrected chi connectivity index (χ4v) is 4.82. The topological polar surface area (TPSA) is 108 Å². The van der Waals surface area contributed by atoms with E-state index in [-0.39, 0.29) is 17.8 Å². The van der Waals surface area contributed by atoms with Crippen LogP contribution in [0.3, 0.4) is 0 Å². The van der Waals surface area contributed by atoms with Crippen molar-refractivity contribution in [1.29, 1.82) is 0 Å². The molecule has 1 aliphatic rings. The highest BCUT2D eigenvalue weighted by atomic mass is 16.5. The number of nitrogens with zero attached hydrogens (tertiary/aromatic N) is 3. The van der Waals surface area contributed by atoms with Crippen LogP contribution in [0.2, 0.25) is 0 Å². The number of esters is 1. The van der Waals surface area contributed by atoms with Crippen molar-refractivity contribution in [1.82, 2.24) is 19.4 Å². The summed E-state index contributed by atoms with van der Waals surface area (Å²) < 4.78 is 15.1. The molecule has 9 heteroatoms. The number of aromatic nitrogens is 3. The van der Waals surface area contributed by atoms with E-state index in [2.05, 4.69) is 16.0 Å². The number of benzene rings is 1. The molecule has 2 aromatic heterocycles. The van der Waals surface area contributed by atoms with Gasteiger partial charge in [-0.25, -0.2) is 4.98 Å². The molecule has 0 amide bonds. The zero-order chi connectivity index (χ0) is 26.7. The molecular formula is C28H38N4O5. The minimum Gasteiger partial charge on any atom is -0.462 e. The second-order valence-corrected chi connectivity index (χ2v) is 10.3. The van der Waals surface area contributed by atoms with Gasteiger partial charge in [0.2, 0.25) is 0 Å². The predicted molar refractivity (Wildman–Crippen MR) is 142 cm³/mol. The first-order valence-electron chi connectivity index (χ1n) is 13.0. The number of pyridine rings is 1. The van der Waals surface area contributed by atoms with Crippen LogP contribution in [-0.2, 0) is 34.4 Å². The van der Waals surface area contributed by atoms with E-state index in [1.807, 2.05) is 31.3 Å². The van der Waals surface area contributed by atoms with E-state index in [0.717, 1.165) is 53.9 Å². The number of fused-ring (bicyclic) bond motifs is 1. The lowest BCUT2D eigenvalue weighted by atomic mass is 10.1. The summed E-state index contributed by atoms with van der Waals surface area (Å²) in [5.41, 5.74) is 4.25. The first-order chi connectivity index (χ1) is 17.6. The van der Waals surface area contributed by atoms with Gasteiger partial charge in [-0.05, 0) is 70.7 Å². The third-order valence-corrected chi connectivity index (χ3v) is 6.71. The van der Waals surface area contributed by atoms with E-state index in [1.165, 1.54) is 0 Å². The lowest BCUT2D eigenvalue weighted by molar-refractivity contribution is -0.152. The van der Waals surface area contributed by atoms with Crippen LogP contribution in [0.5, 0.6) is 0 Å². The third-order valence-electron chi connectivity index (χ3n) is 6.71. The minimum absolute atomic E-state index is 0.0287. The zero-order valence-corrected chi connectivity index (χ0v) is 22.4. The van der Waals surface area contributed by atoms with Crippen molar-refractivity contribution in [3.63, 3.8) is 0 Å². The van der Waals surface area contributed by atoms with E-state index in [1.54, 1.807) is 32.4 Å². The van der Waals surface area contributed by atoms with Crippen LogP contribution in [-0.4, -0.2) is 56.2 Å². The number of nitrogens with one attached hydrogen (secondary N) is 1. The molecule has 0 unspecified atom stereocenters. The summed E-state index contributed by atoms with van der Waals surface area (Å²) in [6, 6.07) is 7.04. The number of aliphatic hydroxyl groups excluding tert-OH is 1. The van der Waals surface area contributed by atoms with E-state index in [0.29, 0.717) is 18.7 Å². The highest BCUT2D eigenvalue weighted by Gasteiger charge is 2.26. The van der Waals surface area contributed by atoms with Crippen LogP contribution < -0.4 is 10.9 Å². The first kappa shape index (κ1) is 27.0. The van der Waals surface area contributed by atoms with Crippen molar-refractivity contribution in [2.75, 3.05) is 6.61 Å². The van der Waals surface area contributed by atoms with Gasteiger partial charge in [0, 0.05) is 37.5 Å². The molecule has 0 radical (unpaired) electrons. The van der Waals surface area contributed by atoms with Crippen molar-refractivity contribution in [2.45, 2.75) is 84.4 Å². The molecule has 0 saturated carbocycles. The van der Waals surface area contributed by atoms with Crippen LogP contribution in [0.4, 0.5) is 0 Å². The van der Waals surface area contributed by atoms with Crippen LogP contribution in [0.1, 0.15) is 51.2 Å². The smallest absolute Gasteiger partial charge is 0.326 e. The maximum atomic E-state index is 12.4. The Morgan fingerprint density at radius 3 is 2.70 bits per heavy atom. The zero-order valence-electron chi connectivity index (χ0n) is 22.4. The summed E-state index contributed by atoms with van der Waals surface area (Å²) in [5, 5.41) is 13.3. The van der Waals surface area contributed by atoms with Gasteiger partial charge in [-0.15, -0.1) is 0 Å². The van der Waals surface area contributed by atoms with Crippen molar-refractivity contribution < 1.29 is 19.4 Å². The molecule has 1 aromatic carbocycles. The summed E-state index contributed by atoms with van der Waals surface area (Å²) >= 11 is 0. The lowest BCUT2D eigenvalue weighted by Crippen LogP contribution is -2.46. The van der Waals surface area contributed by atoms with Gasteiger partial charge in [-0.3, -0.25) is 14.9 Å². The van der Waals surface area contributed by atoms with E-state index >= 15 is 0 Å². The molecule has 9 nitrogen and oxygen atoms in total. The van der Waals surface area contributed by atoms with E-state index in [9.17, 15) is 14.7 Å². The predicted octanol–water partition coefficient (Wildman–Crippen LogP) is 3.07. The van der Waals surface area contributed by atoms with Gasteiger partial charge in [0.25, 0.3) is 5.56 Å². The molecule has 4 rings (SSSR count). The molecule has 0 spiro atoms. The molecule has 1 fully saturated rings. The maximum Gasteiger partial charge on any atom is 0.326 e. The average Bonchev–Trinajstić information content (AvgIpc) is 3.20. The molecule has 3 atom stereocenters. The van der Waals surface area contributed by atoms with Gasteiger partial charge in [0.05, 0.1) is 35.9 Å². The summed E-state index contributed by atoms with van der Waals surface area (Å²) in [4.78, 5) is 29.7. The second-order valence-electron chi connectivity index (χ2n) is 10.3. The first-order valence-corrected chi connectivity index (χ1v) is 13.0. The highest BCUT2D eigenvalue weighted by Crippen LogP contribution is 2.28. The third kappa shape index (κ3) is 6.29. The molecule has 3 heterocycles. The number of ether oxygens (including phenoxy) is 2. The number of hydrogen-bond donors (Lipinski definition) is 2. The Kier molecular flexibility index (Phi) is 8.46. The van der Waals surface area contributed by atoms with Gasteiger partial charge in [0.15, 0.2) is 0 Å². The fourth-order valence-electron chi connectivity index (χ4n) is 4.82. The SMILES string of the molecule is Cc1cc(-c2nc3ccc(CN[C@H](C(=O)OC(C)C)[C@@H](C)O)cc3n2C[C@H]2CCCCO2)cn(C)c1=O. The standard InChI is InChI=1S/C28H38N4O5/c1-17(2)37-28(35)25(19(4)33)29-14-20-9-10-23-24(13-20)32(16-22-8-6-7-11-36-22)26(30-23)21-12-18(3)27(34)31(5)15-21/h9-10,12-13,15,17,19,22,25,29,33H,6-8,11,14,16H2,1-5H3/t19-,22-,25+/m1/s1. The molecule has 3 aromatic rings. The molecule has 37 heavy (non-hydrogen) atoms. The van der Waals surface area contributed by atoms with Crippen LogP contribution >= 0.6 is 0 Å². The molecule has 0 aliphatic carbocycles. The summed E-state index contributed by atoms with van der Waals surface area (Å²) in [5.74, 6) is 0.313. The van der Waals surface area contributed by atoms with Crippen molar-refractivity contribution in [3.8, 4) is 11.4 Å². The Morgan fingerprint density at radius 2 is 2.05 bits per heavy atom. The minimum atomic E-state index is -0.900. The van der Waals surface area contributed by atoms with Gasteiger partial charge < -0.3 is 23.7 Å². The number of carbonyl (C=O) groups excluding carboxylic acids is 1. The van der Waals surface area contributed by atoms with E-state index < -0.39 is 18.1 Å². The number of aliphatic hydroxyl groups is 1. The molecule has 2 N–H and O–H groups in total. The maximum absolute atomic E-state index is 12.4. The Hall–Kier alpha value is -3.01. The second kappa shape index (κ2) is 11.6. The van der Waals surface area contributed by atoms with Crippen LogP contribution in [0, 0.1) is 6.92 Å². The van der Waals surface area contributed by atoms with Crippen molar-refractivity contribution >= 4 is 17.0 Å². The van der Waals surface area contributed by atoms with Crippen molar-refractivity contribution in [3.05, 3.63) is 51.9 Å². The summed E-state index contributed by atoms with van der Waals surface area (Å²) in [6.07, 6.45) is 3.95. The monoisotopic (exact) mass is 510 g/mol. The fraction of sp³-hybridized carbons (Fsp3) is 0.536. The number of aryl methyl sites for hydroxylation is 2. The Morgan fingerprint density at radius 1 is 1.27 bits per heavy atom. The number of hydrogen-bond acceptors (Lipinski definition) is 7. The Balaban J connectivity index is 1.69. The molecule has 0 bridgehead atoms. The lowest BCUT2D eigenvalue weighted by Gasteiger charge is -2.24. The largest absolute Gasteiger partial charge is 0.462 e. The summed E-state index contributed by atoms with van der Waals surface area (Å²) in [6.45, 7) is 8.74. The van der Waals surface area contributed by atoms with Gasteiger partial charge in [-0.2, -0.15) is 0 Å². The molecule has 200 valence electrons. The van der Waals surface area contributed by atoms with E-state index in [4.69, 9.17) is 14.5 Å². The van der Waals surface area contributed by atoms with Crippen LogP contribution in [0.15, 0.2) is 35.3 Å². The molecule has 1 aliphatic heterocycles. The number of rotatable bonds is 9. The Labute approximate surface area is 217 Å². The number of imidazole rings is 1. The number of carbonyl (C=O) groups is 1. The average molecular weight is 511 g/mol. The highest BCUT2D eigenvalue weighted by molar-refractivity contribution is 5.81. The Bertz CT molecular complexity index is 1280. The molecule has 1 saturated heterocycles. The van der Waals surface area contributed by atoms with Gasteiger partial charge >= 0.3 is 5.97 Å². The van der Waals surface area contributed by atoms with Crippen molar-refractivity contribution in [2.24, 2.45) is 7.05 Å². The van der Waals surface area contributed by atoms with Gasteiger partial charge in [-0.1, -0.05) is 6.07 Å². The van der Waals surface area contributed by atoms with Gasteiger partial charge in [0.1, 0.15) is 11.9 Å². The molecular weight excluding hydrogens is 472 g/mol.